The number of hydrogen-bond donors (Lipinski definition) is 0. The van der Waals surface area contributed by atoms with Crippen molar-refractivity contribution in [2.45, 2.75) is 38.6 Å². The molecule has 5 nitrogen and oxygen atoms in total. The zero-order chi connectivity index (χ0) is 21.1. The van der Waals surface area contributed by atoms with Crippen LogP contribution in [-0.2, 0) is 16.0 Å². The summed E-state index contributed by atoms with van der Waals surface area (Å²) in [6, 6.07) is 13.4. The van der Waals surface area contributed by atoms with Crippen molar-refractivity contribution in [3.8, 4) is 5.75 Å². The Hall–Kier alpha value is -2.73. The maximum absolute atomic E-state index is 13.2. The molecule has 0 aliphatic carbocycles. The molecule has 2 aliphatic heterocycles. The predicted molar refractivity (Wildman–Crippen MR) is 113 cm³/mol. The number of piperidine rings is 1. The van der Waals surface area contributed by atoms with Gasteiger partial charge in [0.2, 0.25) is 5.91 Å². The number of imide groups is 1. The highest BCUT2D eigenvalue weighted by Gasteiger charge is 2.43. The SMILES string of the molecule is CCOc1ccc(CC2CCN([C@@H]3CC(=O)N(c4ccc(F)cc4)C3=O)CC2)cc1. The fraction of sp³-hybridized carbons (Fsp3) is 0.417. The molecule has 2 aromatic rings. The third-order valence-electron chi connectivity index (χ3n) is 6.06. The number of rotatable bonds is 6. The summed E-state index contributed by atoms with van der Waals surface area (Å²) in [4.78, 5) is 28.7. The molecule has 30 heavy (non-hydrogen) atoms. The number of likely N-dealkylation sites (tertiary alicyclic amines) is 1. The second-order valence-electron chi connectivity index (χ2n) is 8.02. The molecule has 2 aliphatic rings. The van der Waals surface area contributed by atoms with Crippen LogP contribution in [0.1, 0.15) is 31.7 Å². The molecule has 1 atom stereocenters. The van der Waals surface area contributed by atoms with Gasteiger partial charge >= 0.3 is 0 Å². The van der Waals surface area contributed by atoms with Crippen LogP contribution in [0.2, 0.25) is 0 Å². The van der Waals surface area contributed by atoms with Crippen molar-refractivity contribution < 1.29 is 18.7 Å². The largest absolute Gasteiger partial charge is 0.494 e. The second-order valence-corrected chi connectivity index (χ2v) is 8.02. The normalized spacial score (nSPS) is 20.7. The number of halogens is 1. The van der Waals surface area contributed by atoms with E-state index in [4.69, 9.17) is 4.74 Å². The molecule has 2 saturated heterocycles. The minimum atomic E-state index is -0.408. The number of ether oxygens (including phenoxy) is 1. The van der Waals surface area contributed by atoms with Gasteiger partial charge < -0.3 is 4.74 Å². The molecular formula is C24H27FN2O3. The van der Waals surface area contributed by atoms with Gasteiger partial charge in [-0.2, -0.15) is 0 Å². The van der Waals surface area contributed by atoms with E-state index in [-0.39, 0.29) is 24.1 Å². The predicted octanol–water partition coefficient (Wildman–Crippen LogP) is 3.81. The Kier molecular flexibility index (Phi) is 6.13. The monoisotopic (exact) mass is 410 g/mol. The molecule has 2 fully saturated rings. The topological polar surface area (TPSA) is 49.9 Å². The van der Waals surface area contributed by atoms with Crippen molar-refractivity contribution in [1.82, 2.24) is 4.90 Å². The first kappa shape index (κ1) is 20.5. The van der Waals surface area contributed by atoms with E-state index in [0.29, 0.717) is 18.2 Å². The highest BCUT2D eigenvalue weighted by Crippen LogP contribution is 2.30. The zero-order valence-electron chi connectivity index (χ0n) is 17.2. The van der Waals surface area contributed by atoms with E-state index < -0.39 is 6.04 Å². The summed E-state index contributed by atoms with van der Waals surface area (Å²) in [5, 5.41) is 0. The number of amides is 2. The minimum absolute atomic E-state index is 0.194. The Labute approximate surface area is 176 Å². The molecule has 0 radical (unpaired) electrons. The van der Waals surface area contributed by atoms with Crippen LogP contribution in [0.15, 0.2) is 48.5 Å². The first-order valence-electron chi connectivity index (χ1n) is 10.6. The van der Waals surface area contributed by atoms with Gasteiger partial charge in [-0.25, -0.2) is 9.29 Å². The van der Waals surface area contributed by atoms with E-state index in [1.165, 1.54) is 34.7 Å². The van der Waals surface area contributed by atoms with Gasteiger partial charge in [-0.3, -0.25) is 14.5 Å². The summed E-state index contributed by atoms with van der Waals surface area (Å²) < 4.78 is 18.7. The molecular weight excluding hydrogens is 383 g/mol. The Morgan fingerprint density at radius 1 is 1.00 bits per heavy atom. The second kappa shape index (κ2) is 8.96. The van der Waals surface area contributed by atoms with Crippen LogP contribution in [0.5, 0.6) is 5.75 Å². The summed E-state index contributed by atoms with van der Waals surface area (Å²) in [6.07, 6.45) is 3.21. The molecule has 0 aromatic heterocycles. The molecule has 2 amide bonds. The Bertz CT molecular complexity index is 890. The molecule has 0 bridgehead atoms. The molecule has 2 heterocycles. The molecule has 4 rings (SSSR count). The van der Waals surface area contributed by atoms with E-state index in [1.807, 2.05) is 19.1 Å². The van der Waals surface area contributed by atoms with Crippen LogP contribution in [0, 0.1) is 11.7 Å². The quantitative estimate of drug-likeness (QED) is 0.680. The first-order chi connectivity index (χ1) is 14.5. The van der Waals surface area contributed by atoms with E-state index >= 15 is 0 Å². The smallest absolute Gasteiger partial charge is 0.251 e. The van der Waals surface area contributed by atoms with Crippen molar-refractivity contribution >= 4 is 17.5 Å². The van der Waals surface area contributed by atoms with Crippen molar-refractivity contribution in [2.75, 3.05) is 24.6 Å². The summed E-state index contributed by atoms with van der Waals surface area (Å²) >= 11 is 0. The lowest BCUT2D eigenvalue weighted by Gasteiger charge is -2.34. The van der Waals surface area contributed by atoms with E-state index in [2.05, 4.69) is 17.0 Å². The average molecular weight is 410 g/mol. The van der Waals surface area contributed by atoms with E-state index in [1.54, 1.807) is 0 Å². The number of carbonyl (C=O) groups is 2. The van der Waals surface area contributed by atoms with E-state index in [0.717, 1.165) is 38.1 Å². The number of anilines is 1. The molecule has 0 saturated carbocycles. The van der Waals surface area contributed by atoms with Crippen LogP contribution in [0.4, 0.5) is 10.1 Å². The van der Waals surface area contributed by atoms with Gasteiger partial charge in [0.05, 0.1) is 24.8 Å². The van der Waals surface area contributed by atoms with Crippen LogP contribution in [0.3, 0.4) is 0 Å². The summed E-state index contributed by atoms with van der Waals surface area (Å²) in [6.45, 7) is 4.26. The number of hydrogen-bond acceptors (Lipinski definition) is 4. The fourth-order valence-corrected chi connectivity index (χ4v) is 4.45. The molecule has 0 spiro atoms. The lowest BCUT2D eigenvalue weighted by Crippen LogP contribution is -2.46. The van der Waals surface area contributed by atoms with Crippen LogP contribution in [-0.4, -0.2) is 42.5 Å². The third kappa shape index (κ3) is 4.38. The van der Waals surface area contributed by atoms with Gasteiger partial charge in [-0.15, -0.1) is 0 Å². The lowest BCUT2D eigenvalue weighted by molar-refractivity contribution is -0.123. The molecule has 6 heteroatoms. The highest BCUT2D eigenvalue weighted by atomic mass is 19.1. The number of benzene rings is 2. The maximum Gasteiger partial charge on any atom is 0.251 e. The number of nitrogens with zero attached hydrogens (tertiary/aromatic N) is 2. The average Bonchev–Trinajstić information content (AvgIpc) is 3.05. The number of carbonyl (C=O) groups excluding carboxylic acids is 2. The lowest BCUT2D eigenvalue weighted by atomic mass is 9.89. The fourth-order valence-electron chi connectivity index (χ4n) is 4.45. The standard InChI is InChI=1S/C24H27FN2O3/c1-2-30-21-9-3-17(4-10-21)15-18-11-13-26(14-12-18)22-16-23(28)27(24(22)29)20-7-5-19(25)6-8-20/h3-10,18,22H,2,11-16H2,1H3/t22-/m1/s1. The summed E-state index contributed by atoms with van der Waals surface area (Å²) in [5.41, 5.74) is 1.74. The highest BCUT2D eigenvalue weighted by molar-refractivity contribution is 6.22. The minimum Gasteiger partial charge on any atom is -0.494 e. The molecule has 158 valence electrons. The van der Waals surface area contributed by atoms with Crippen molar-refractivity contribution in [3.63, 3.8) is 0 Å². The van der Waals surface area contributed by atoms with Gasteiger partial charge in [-0.1, -0.05) is 12.1 Å². The third-order valence-corrected chi connectivity index (χ3v) is 6.06. The molecule has 0 N–H and O–H groups in total. The van der Waals surface area contributed by atoms with Crippen LogP contribution >= 0.6 is 0 Å². The van der Waals surface area contributed by atoms with Gasteiger partial charge in [0.15, 0.2) is 0 Å². The van der Waals surface area contributed by atoms with Gasteiger partial charge in [0.1, 0.15) is 11.6 Å². The zero-order valence-corrected chi connectivity index (χ0v) is 17.2. The van der Waals surface area contributed by atoms with Crippen molar-refractivity contribution in [2.24, 2.45) is 5.92 Å². The first-order valence-corrected chi connectivity index (χ1v) is 10.6. The van der Waals surface area contributed by atoms with Crippen molar-refractivity contribution in [3.05, 3.63) is 59.9 Å². The van der Waals surface area contributed by atoms with Gasteiger partial charge in [0, 0.05) is 0 Å². The Morgan fingerprint density at radius 3 is 2.30 bits per heavy atom. The van der Waals surface area contributed by atoms with E-state index in [9.17, 15) is 14.0 Å². The Morgan fingerprint density at radius 2 is 1.67 bits per heavy atom. The van der Waals surface area contributed by atoms with Crippen LogP contribution in [0.25, 0.3) is 0 Å². The molecule has 0 unspecified atom stereocenters. The molecule has 2 aromatic carbocycles. The van der Waals surface area contributed by atoms with Gasteiger partial charge in [0.25, 0.3) is 5.91 Å². The maximum atomic E-state index is 13.2. The van der Waals surface area contributed by atoms with Crippen LogP contribution < -0.4 is 9.64 Å². The summed E-state index contributed by atoms with van der Waals surface area (Å²) in [5.74, 6) is 0.666. The van der Waals surface area contributed by atoms with Gasteiger partial charge in [-0.05, 0) is 87.2 Å². The summed E-state index contributed by atoms with van der Waals surface area (Å²) in [7, 11) is 0. The van der Waals surface area contributed by atoms with Crippen molar-refractivity contribution in [1.29, 1.82) is 0 Å². The Balaban J connectivity index is 1.33.